The molecule has 0 aliphatic carbocycles. The van der Waals surface area contributed by atoms with Gasteiger partial charge in [0.25, 0.3) is 5.82 Å². The van der Waals surface area contributed by atoms with Crippen molar-refractivity contribution >= 4 is 29.2 Å². The van der Waals surface area contributed by atoms with Crippen LogP contribution in [0.3, 0.4) is 0 Å². The van der Waals surface area contributed by atoms with Crippen molar-refractivity contribution in [3.63, 3.8) is 0 Å². The van der Waals surface area contributed by atoms with Gasteiger partial charge in [0, 0.05) is 0 Å². The lowest BCUT2D eigenvalue weighted by molar-refractivity contribution is -0.147. The minimum absolute atomic E-state index is 0.232. The van der Waals surface area contributed by atoms with E-state index in [0.29, 0.717) is 10.2 Å². The Balaban J connectivity index is 1.97. The number of halogens is 3. The first-order valence-corrected chi connectivity index (χ1v) is 7.16. The van der Waals surface area contributed by atoms with Gasteiger partial charge in [-0.2, -0.15) is 22.9 Å². The van der Waals surface area contributed by atoms with E-state index in [1.54, 1.807) is 25.3 Å². The van der Waals surface area contributed by atoms with Crippen molar-refractivity contribution < 1.29 is 17.9 Å². The fraction of sp³-hybridized carbons (Fsp3) is 0.133. The number of nitrogens with zero attached hydrogens (tertiary/aromatic N) is 3. The lowest BCUT2D eigenvalue weighted by Gasteiger charge is -2.05. The van der Waals surface area contributed by atoms with E-state index in [2.05, 4.69) is 15.3 Å². The van der Waals surface area contributed by atoms with Crippen LogP contribution in [-0.4, -0.2) is 28.2 Å². The number of rotatable bonds is 3. The topological polar surface area (TPSA) is 55.2 Å². The fourth-order valence-corrected chi connectivity index (χ4v) is 2.34. The number of alkyl halides is 3. The molecule has 9 heteroatoms. The van der Waals surface area contributed by atoms with Crippen LogP contribution in [0, 0.1) is 4.77 Å². The summed E-state index contributed by atoms with van der Waals surface area (Å²) in [6.45, 7) is 0. The number of methoxy groups -OCH3 is 1. The van der Waals surface area contributed by atoms with Crippen LogP contribution in [0.1, 0.15) is 11.4 Å². The molecule has 1 aromatic heterocycles. The van der Waals surface area contributed by atoms with Gasteiger partial charge < -0.3 is 4.74 Å². The largest absolute Gasteiger partial charge is 0.497 e. The SMILES string of the molecule is COc1ccc2cc(/C=N\n3c(C(F)(F)F)n[nH]c3=S)ccc2c1. The molecule has 0 saturated heterocycles. The van der Waals surface area contributed by atoms with Crippen molar-refractivity contribution in [2.75, 3.05) is 7.11 Å². The first-order chi connectivity index (χ1) is 11.4. The third kappa shape index (κ3) is 3.16. The van der Waals surface area contributed by atoms with Crippen LogP contribution in [0.2, 0.25) is 0 Å². The van der Waals surface area contributed by atoms with E-state index in [4.69, 9.17) is 17.0 Å². The number of ether oxygens (including phenoxy) is 1. The van der Waals surface area contributed by atoms with E-state index >= 15 is 0 Å². The number of H-pyrrole nitrogens is 1. The quantitative estimate of drug-likeness (QED) is 0.572. The van der Waals surface area contributed by atoms with Crippen molar-refractivity contribution in [1.29, 1.82) is 0 Å². The smallest absolute Gasteiger partial charge is 0.453 e. The molecule has 0 fully saturated rings. The standard InChI is InChI=1S/C15H11F3N4OS/c1-23-12-5-4-10-6-9(2-3-11(10)7-12)8-19-22-13(15(16,17)18)20-21-14(22)24/h2-8H,1H3,(H,21,24)/b19-8-. The van der Waals surface area contributed by atoms with Crippen molar-refractivity contribution in [3.8, 4) is 5.75 Å². The predicted molar refractivity (Wildman–Crippen MR) is 85.9 cm³/mol. The summed E-state index contributed by atoms with van der Waals surface area (Å²) >= 11 is 4.78. The van der Waals surface area contributed by atoms with E-state index in [-0.39, 0.29) is 4.77 Å². The summed E-state index contributed by atoms with van der Waals surface area (Å²) in [4.78, 5) is 0. The Morgan fingerprint density at radius 3 is 2.62 bits per heavy atom. The zero-order chi connectivity index (χ0) is 17.3. The third-order valence-corrected chi connectivity index (χ3v) is 3.56. The summed E-state index contributed by atoms with van der Waals surface area (Å²) in [5.74, 6) is -0.474. The molecular weight excluding hydrogens is 341 g/mol. The summed E-state index contributed by atoms with van der Waals surface area (Å²) in [7, 11) is 1.58. The molecule has 0 aliphatic heterocycles. The number of aromatic nitrogens is 3. The van der Waals surface area contributed by atoms with E-state index in [1.165, 1.54) is 6.21 Å². The molecule has 0 bridgehead atoms. The average molecular weight is 352 g/mol. The van der Waals surface area contributed by atoms with Gasteiger partial charge in [0.05, 0.1) is 13.3 Å². The van der Waals surface area contributed by atoms with Crippen LogP contribution in [-0.2, 0) is 6.18 Å². The van der Waals surface area contributed by atoms with Crippen LogP contribution in [0.4, 0.5) is 13.2 Å². The molecule has 0 spiro atoms. The van der Waals surface area contributed by atoms with Crippen molar-refractivity contribution in [2.24, 2.45) is 5.10 Å². The summed E-state index contributed by atoms with van der Waals surface area (Å²) in [5, 5.41) is 10.9. The minimum Gasteiger partial charge on any atom is -0.497 e. The Kier molecular flexibility index (Phi) is 4.10. The first-order valence-electron chi connectivity index (χ1n) is 6.75. The Labute approximate surface area is 139 Å². The maximum atomic E-state index is 12.8. The molecule has 0 unspecified atom stereocenters. The molecule has 1 N–H and O–H groups in total. The maximum absolute atomic E-state index is 12.8. The molecule has 0 saturated carbocycles. The summed E-state index contributed by atoms with van der Waals surface area (Å²) in [5.41, 5.74) is 0.629. The molecular formula is C15H11F3N4OS. The Hall–Kier alpha value is -2.68. The summed E-state index contributed by atoms with van der Waals surface area (Å²) in [6.07, 6.45) is -3.35. The summed E-state index contributed by atoms with van der Waals surface area (Å²) in [6, 6.07) is 10.9. The lowest BCUT2D eigenvalue weighted by atomic mass is 10.1. The zero-order valence-corrected chi connectivity index (χ0v) is 13.1. The monoisotopic (exact) mass is 352 g/mol. The zero-order valence-electron chi connectivity index (χ0n) is 12.3. The van der Waals surface area contributed by atoms with Crippen LogP contribution in [0.25, 0.3) is 10.8 Å². The fourth-order valence-electron chi connectivity index (χ4n) is 2.16. The van der Waals surface area contributed by atoms with E-state index in [1.807, 2.05) is 18.2 Å². The number of aromatic amines is 1. The molecule has 24 heavy (non-hydrogen) atoms. The molecule has 0 amide bonds. The van der Waals surface area contributed by atoms with E-state index in [9.17, 15) is 13.2 Å². The molecule has 0 radical (unpaired) electrons. The second-order valence-corrected chi connectivity index (χ2v) is 5.27. The van der Waals surface area contributed by atoms with Gasteiger partial charge in [0.2, 0.25) is 4.77 Å². The van der Waals surface area contributed by atoms with Gasteiger partial charge in [-0.25, -0.2) is 5.10 Å². The third-order valence-electron chi connectivity index (χ3n) is 3.30. The van der Waals surface area contributed by atoms with Gasteiger partial charge in [0.15, 0.2) is 0 Å². The minimum atomic E-state index is -4.65. The highest BCUT2D eigenvalue weighted by Crippen LogP contribution is 2.27. The Morgan fingerprint density at radius 1 is 1.21 bits per heavy atom. The lowest BCUT2D eigenvalue weighted by Crippen LogP contribution is -2.12. The second-order valence-electron chi connectivity index (χ2n) is 4.88. The van der Waals surface area contributed by atoms with Gasteiger partial charge in [-0.1, -0.05) is 18.2 Å². The average Bonchev–Trinajstić information content (AvgIpc) is 2.93. The van der Waals surface area contributed by atoms with Crippen LogP contribution < -0.4 is 4.74 Å². The van der Waals surface area contributed by atoms with Gasteiger partial charge >= 0.3 is 6.18 Å². The molecule has 124 valence electrons. The van der Waals surface area contributed by atoms with Crippen molar-refractivity contribution in [3.05, 3.63) is 52.6 Å². The number of hydrogen-bond donors (Lipinski definition) is 1. The van der Waals surface area contributed by atoms with E-state index < -0.39 is 12.0 Å². The van der Waals surface area contributed by atoms with Crippen molar-refractivity contribution in [2.45, 2.75) is 6.18 Å². The number of hydrogen-bond acceptors (Lipinski definition) is 4. The van der Waals surface area contributed by atoms with Crippen LogP contribution in [0.5, 0.6) is 5.75 Å². The predicted octanol–water partition coefficient (Wildman–Crippen LogP) is 4.00. The molecule has 0 atom stereocenters. The van der Waals surface area contributed by atoms with Crippen LogP contribution in [0.15, 0.2) is 41.5 Å². The normalized spacial score (nSPS) is 12.2. The van der Waals surface area contributed by atoms with E-state index in [0.717, 1.165) is 16.5 Å². The highest BCUT2D eigenvalue weighted by Gasteiger charge is 2.37. The molecule has 5 nitrogen and oxygen atoms in total. The number of nitrogens with one attached hydrogen (secondary N) is 1. The first kappa shape index (κ1) is 16.2. The van der Waals surface area contributed by atoms with Crippen molar-refractivity contribution in [1.82, 2.24) is 14.9 Å². The molecule has 2 aromatic carbocycles. The van der Waals surface area contributed by atoms with Gasteiger partial charge in [-0.3, -0.25) is 0 Å². The number of benzene rings is 2. The molecule has 1 heterocycles. The van der Waals surface area contributed by atoms with Gasteiger partial charge in [-0.05, 0) is 46.8 Å². The highest BCUT2D eigenvalue weighted by molar-refractivity contribution is 7.71. The second kappa shape index (κ2) is 6.08. The maximum Gasteiger partial charge on any atom is 0.453 e. The Bertz CT molecular complexity index is 975. The molecule has 3 rings (SSSR count). The highest BCUT2D eigenvalue weighted by atomic mass is 32.1. The van der Waals surface area contributed by atoms with Crippen LogP contribution >= 0.6 is 12.2 Å². The van der Waals surface area contributed by atoms with Gasteiger partial charge in [-0.15, -0.1) is 5.10 Å². The molecule has 0 aliphatic rings. The Morgan fingerprint density at radius 2 is 1.92 bits per heavy atom. The summed E-state index contributed by atoms with van der Waals surface area (Å²) < 4.78 is 44.0. The van der Waals surface area contributed by atoms with Gasteiger partial charge in [0.1, 0.15) is 5.75 Å². The number of fused-ring (bicyclic) bond motifs is 1. The molecule has 3 aromatic rings.